The van der Waals surface area contributed by atoms with Crippen LogP contribution in [0.2, 0.25) is 0 Å². The maximum atomic E-state index is 12.7. The van der Waals surface area contributed by atoms with E-state index >= 15 is 0 Å². The summed E-state index contributed by atoms with van der Waals surface area (Å²) in [6.07, 6.45) is 1.53. The standard InChI is InChI=1S/C23H34N4O3/c1-19(2)17-21(26-13-15-30-16-14-26)18-25-22(28)9-10-23(29)27(12-6-11-24)20-7-4-3-5-8-20/h3-5,7-8,19,21H,6,9-10,12-18H2,1-2H3,(H,25,28). The lowest BCUT2D eigenvalue weighted by molar-refractivity contribution is -0.125. The van der Waals surface area contributed by atoms with Crippen molar-refractivity contribution in [3.05, 3.63) is 30.3 Å². The second kappa shape index (κ2) is 13.0. The van der Waals surface area contributed by atoms with Crippen LogP contribution in [0.3, 0.4) is 0 Å². The second-order valence-electron chi connectivity index (χ2n) is 8.02. The van der Waals surface area contributed by atoms with Gasteiger partial charge in [-0.05, 0) is 24.5 Å². The van der Waals surface area contributed by atoms with E-state index in [4.69, 9.17) is 10.00 Å². The highest BCUT2D eigenvalue weighted by Crippen LogP contribution is 2.16. The Morgan fingerprint density at radius 2 is 1.90 bits per heavy atom. The molecule has 7 nitrogen and oxygen atoms in total. The van der Waals surface area contributed by atoms with Crippen LogP contribution in [0.25, 0.3) is 0 Å². The number of amides is 2. The Hall–Kier alpha value is -2.43. The molecule has 1 heterocycles. The molecule has 1 aliphatic heterocycles. The summed E-state index contributed by atoms with van der Waals surface area (Å²) in [6, 6.07) is 11.6. The van der Waals surface area contributed by atoms with Crippen LogP contribution in [0.15, 0.2) is 30.3 Å². The van der Waals surface area contributed by atoms with Crippen molar-refractivity contribution >= 4 is 17.5 Å². The lowest BCUT2D eigenvalue weighted by atomic mass is 10.0. The highest BCUT2D eigenvalue weighted by molar-refractivity contribution is 5.95. The first-order valence-corrected chi connectivity index (χ1v) is 10.8. The van der Waals surface area contributed by atoms with Crippen molar-refractivity contribution in [1.82, 2.24) is 10.2 Å². The van der Waals surface area contributed by atoms with Crippen LogP contribution < -0.4 is 10.2 Å². The summed E-state index contributed by atoms with van der Waals surface area (Å²) in [5.41, 5.74) is 0.752. The van der Waals surface area contributed by atoms with Gasteiger partial charge in [-0.1, -0.05) is 32.0 Å². The van der Waals surface area contributed by atoms with E-state index in [1.807, 2.05) is 30.3 Å². The molecule has 0 aromatic heterocycles. The molecule has 0 aliphatic carbocycles. The van der Waals surface area contributed by atoms with Gasteiger partial charge in [0.25, 0.3) is 0 Å². The van der Waals surface area contributed by atoms with E-state index in [2.05, 4.69) is 30.1 Å². The van der Waals surface area contributed by atoms with Crippen LogP contribution in [-0.2, 0) is 14.3 Å². The summed E-state index contributed by atoms with van der Waals surface area (Å²) in [4.78, 5) is 29.1. The Morgan fingerprint density at radius 3 is 2.53 bits per heavy atom. The largest absolute Gasteiger partial charge is 0.379 e. The van der Waals surface area contributed by atoms with Gasteiger partial charge < -0.3 is 15.0 Å². The predicted molar refractivity (Wildman–Crippen MR) is 117 cm³/mol. The number of carbonyl (C=O) groups excluding carboxylic acids is 2. The first-order valence-electron chi connectivity index (χ1n) is 10.8. The number of anilines is 1. The average Bonchev–Trinajstić information content (AvgIpc) is 2.76. The monoisotopic (exact) mass is 414 g/mol. The number of nitriles is 1. The molecular weight excluding hydrogens is 380 g/mol. The molecule has 0 bridgehead atoms. The number of benzene rings is 1. The Bertz CT molecular complexity index is 696. The Balaban J connectivity index is 1.85. The average molecular weight is 415 g/mol. The number of para-hydroxylation sites is 1. The number of morpholine rings is 1. The van der Waals surface area contributed by atoms with Crippen LogP contribution in [0.5, 0.6) is 0 Å². The highest BCUT2D eigenvalue weighted by atomic mass is 16.5. The van der Waals surface area contributed by atoms with Gasteiger partial charge >= 0.3 is 0 Å². The van der Waals surface area contributed by atoms with Gasteiger partial charge in [-0.25, -0.2) is 0 Å². The molecule has 0 radical (unpaired) electrons. The second-order valence-corrected chi connectivity index (χ2v) is 8.02. The fraction of sp³-hybridized carbons (Fsp3) is 0.609. The van der Waals surface area contributed by atoms with Crippen LogP contribution >= 0.6 is 0 Å². The molecule has 1 aliphatic rings. The molecule has 7 heteroatoms. The Morgan fingerprint density at radius 1 is 1.20 bits per heavy atom. The van der Waals surface area contributed by atoms with E-state index in [0.717, 1.165) is 38.4 Å². The highest BCUT2D eigenvalue weighted by Gasteiger charge is 2.23. The number of rotatable bonds is 11. The molecule has 0 saturated carbocycles. The van der Waals surface area contributed by atoms with E-state index in [1.54, 1.807) is 4.90 Å². The molecule has 2 amide bonds. The summed E-state index contributed by atoms with van der Waals surface area (Å²) >= 11 is 0. The topological polar surface area (TPSA) is 85.7 Å². The maximum absolute atomic E-state index is 12.7. The SMILES string of the molecule is CC(C)CC(CNC(=O)CCC(=O)N(CCC#N)c1ccccc1)N1CCOCC1. The van der Waals surface area contributed by atoms with Crippen molar-refractivity contribution in [3.63, 3.8) is 0 Å². The van der Waals surface area contributed by atoms with Crippen molar-refractivity contribution in [1.29, 1.82) is 5.26 Å². The summed E-state index contributed by atoms with van der Waals surface area (Å²) in [5.74, 6) is 0.285. The molecule has 1 N–H and O–H groups in total. The number of nitrogens with one attached hydrogen (secondary N) is 1. The smallest absolute Gasteiger partial charge is 0.227 e. The molecule has 0 spiro atoms. The maximum Gasteiger partial charge on any atom is 0.227 e. The van der Waals surface area contributed by atoms with Crippen LogP contribution in [0.4, 0.5) is 5.69 Å². The Kier molecular flexibility index (Phi) is 10.3. The molecule has 1 atom stereocenters. The van der Waals surface area contributed by atoms with Gasteiger partial charge in [0.15, 0.2) is 0 Å². The zero-order valence-electron chi connectivity index (χ0n) is 18.2. The van der Waals surface area contributed by atoms with Crippen LogP contribution in [-0.4, -0.2) is 62.1 Å². The quantitative estimate of drug-likeness (QED) is 0.601. The molecular formula is C23H34N4O3. The fourth-order valence-corrected chi connectivity index (χ4v) is 3.69. The van der Waals surface area contributed by atoms with Crippen molar-refractivity contribution in [2.45, 2.75) is 45.6 Å². The van der Waals surface area contributed by atoms with E-state index in [1.165, 1.54) is 0 Å². The Labute approximate surface area is 180 Å². The third-order valence-electron chi connectivity index (χ3n) is 5.22. The molecule has 164 valence electrons. The molecule has 1 aromatic carbocycles. The number of nitrogens with zero attached hydrogens (tertiary/aromatic N) is 3. The summed E-state index contributed by atoms with van der Waals surface area (Å²) < 4.78 is 5.44. The van der Waals surface area contributed by atoms with Crippen molar-refractivity contribution in [2.75, 3.05) is 44.3 Å². The summed E-state index contributed by atoms with van der Waals surface area (Å²) in [6.45, 7) is 8.52. The van der Waals surface area contributed by atoms with E-state index in [0.29, 0.717) is 19.0 Å². The number of hydrogen-bond acceptors (Lipinski definition) is 5. The van der Waals surface area contributed by atoms with Crippen molar-refractivity contribution in [2.24, 2.45) is 5.92 Å². The molecule has 2 rings (SSSR count). The third kappa shape index (κ3) is 8.13. The summed E-state index contributed by atoms with van der Waals surface area (Å²) in [5, 5.41) is 11.9. The zero-order chi connectivity index (χ0) is 21.8. The van der Waals surface area contributed by atoms with E-state index < -0.39 is 0 Å². The molecule has 1 saturated heterocycles. The molecule has 1 fully saturated rings. The van der Waals surface area contributed by atoms with Gasteiger partial charge in [0, 0.05) is 50.7 Å². The fourth-order valence-electron chi connectivity index (χ4n) is 3.69. The van der Waals surface area contributed by atoms with E-state index in [9.17, 15) is 9.59 Å². The molecule has 30 heavy (non-hydrogen) atoms. The third-order valence-corrected chi connectivity index (χ3v) is 5.22. The lowest BCUT2D eigenvalue weighted by Gasteiger charge is -2.35. The minimum atomic E-state index is -0.140. The summed E-state index contributed by atoms with van der Waals surface area (Å²) in [7, 11) is 0. The minimum Gasteiger partial charge on any atom is -0.379 e. The number of hydrogen-bond donors (Lipinski definition) is 1. The van der Waals surface area contributed by atoms with Gasteiger partial charge in [0.1, 0.15) is 0 Å². The minimum absolute atomic E-state index is 0.112. The first kappa shape index (κ1) is 23.8. The van der Waals surface area contributed by atoms with Gasteiger partial charge in [0.05, 0.1) is 25.7 Å². The van der Waals surface area contributed by atoms with Gasteiger partial charge in [-0.2, -0.15) is 5.26 Å². The normalized spacial score (nSPS) is 15.4. The lowest BCUT2D eigenvalue weighted by Crippen LogP contribution is -2.49. The number of ether oxygens (including phenoxy) is 1. The van der Waals surface area contributed by atoms with E-state index in [-0.39, 0.29) is 37.1 Å². The first-order chi connectivity index (χ1) is 14.5. The van der Waals surface area contributed by atoms with Gasteiger partial charge in [0.2, 0.25) is 11.8 Å². The zero-order valence-corrected chi connectivity index (χ0v) is 18.2. The number of carbonyl (C=O) groups is 2. The predicted octanol–water partition coefficient (Wildman–Crippen LogP) is 2.58. The van der Waals surface area contributed by atoms with Crippen molar-refractivity contribution in [3.8, 4) is 6.07 Å². The van der Waals surface area contributed by atoms with Crippen LogP contribution in [0.1, 0.15) is 39.5 Å². The molecule has 1 unspecified atom stereocenters. The van der Waals surface area contributed by atoms with Gasteiger partial charge in [-0.15, -0.1) is 0 Å². The van der Waals surface area contributed by atoms with Crippen LogP contribution in [0, 0.1) is 17.2 Å². The van der Waals surface area contributed by atoms with Gasteiger partial charge in [-0.3, -0.25) is 14.5 Å². The van der Waals surface area contributed by atoms with Crippen molar-refractivity contribution < 1.29 is 14.3 Å². The molecule has 1 aromatic rings.